The Balaban J connectivity index is 2.06. The third kappa shape index (κ3) is 10.5. The third-order valence-corrected chi connectivity index (χ3v) is 6.46. The Morgan fingerprint density at radius 1 is 1.26 bits per heavy atom. The second-order valence-corrected chi connectivity index (χ2v) is 8.84. The van der Waals surface area contributed by atoms with Crippen molar-refractivity contribution in [2.75, 3.05) is 30.1 Å². The summed E-state index contributed by atoms with van der Waals surface area (Å²) in [7, 11) is 4.44. The predicted molar refractivity (Wildman–Crippen MR) is 105 cm³/mol. The molecule has 0 aliphatic heterocycles. The molecular formula is C17H24O3S3. The lowest BCUT2D eigenvalue weighted by Gasteiger charge is -2.03. The fourth-order valence-electron chi connectivity index (χ4n) is 1.60. The van der Waals surface area contributed by atoms with Crippen molar-refractivity contribution in [3.8, 4) is 5.75 Å². The van der Waals surface area contributed by atoms with Crippen molar-refractivity contribution in [3.63, 3.8) is 0 Å². The van der Waals surface area contributed by atoms with Gasteiger partial charge >= 0.3 is 0 Å². The van der Waals surface area contributed by atoms with Crippen molar-refractivity contribution in [2.24, 2.45) is 0 Å². The fraction of sp³-hybridized carbons (Fsp3) is 0.412. The first-order chi connectivity index (χ1) is 11.3. The van der Waals surface area contributed by atoms with Gasteiger partial charge in [0.05, 0.1) is 13.4 Å². The summed E-state index contributed by atoms with van der Waals surface area (Å²) in [4.78, 5) is 0. The van der Waals surface area contributed by atoms with E-state index in [0.29, 0.717) is 12.4 Å². The summed E-state index contributed by atoms with van der Waals surface area (Å²) in [5.74, 6) is 4.11. The number of hydrogen-bond acceptors (Lipinski definition) is 5. The second kappa shape index (κ2) is 13.6. The maximum Gasteiger partial charge on any atom is 0.118 e. The van der Waals surface area contributed by atoms with Gasteiger partial charge in [-0.1, -0.05) is 39.8 Å². The Bertz CT molecular complexity index is 486. The van der Waals surface area contributed by atoms with Crippen molar-refractivity contribution >= 4 is 32.4 Å². The highest BCUT2D eigenvalue weighted by atomic mass is 33.1. The summed E-state index contributed by atoms with van der Waals surface area (Å²) in [5.41, 5.74) is 1.07. The van der Waals surface area contributed by atoms with Crippen molar-refractivity contribution in [3.05, 3.63) is 54.8 Å². The first kappa shape index (κ1) is 20.2. The summed E-state index contributed by atoms with van der Waals surface area (Å²) in [6.07, 6.45) is 6.34. The van der Waals surface area contributed by atoms with Crippen LogP contribution in [0.2, 0.25) is 0 Å². The number of ether oxygens (including phenoxy) is 2. The van der Waals surface area contributed by atoms with Crippen molar-refractivity contribution < 1.29 is 13.7 Å². The average molecular weight is 373 g/mol. The molecule has 0 aliphatic carbocycles. The Hall–Kier alpha value is -0.850. The van der Waals surface area contributed by atoms with Gasteiger partial charge in [-0.2, -0.15) is 0 Å². The Kier molecular flexibility index (Phi) is 11.9. The molecule has 1 aromatic carbocycles. The molecular weight excluding hydrogens is 348 g/mol. The summed E-state index contributed by atoms with van der Waals surface area (Å²) in [6.45, 7) is 4.18. The van der Waals surface area contributed by atoms with Gasteiger partial charge in [-0.15, -0.1) is 6.58 Å². The molecule has 0 aromatic heterocycles. The Morgan fingerprint density at radius 2 is 2.04 bits per heavy atom. The zero-order valence-electron chi connectivity index (χ0n) is 13.4. The molecule has 0 amide bonds. The topological polar surface area (TPSA) is 35.5 Å². The maximum absolute atomic E-state index is 11.8. The molecule has 0 saturated carbocycles. The molecule has 23 heavy (non-hydrogen) atoms. The lowest BCUT2D eigenvalue weighted by molar-refractivity contribution is 0.236. The van der Waals surface area contributed by atoms with Gasteiger partial charge in [-0.25, -0.2) is 0 Å². The fourth-order valence-corrected chi connectivity index (χ4v) is 4.56. The van der Waals surface area contributed by atoms with Gasteiger partial charge in [0.1, 0.15) is 12.4 Å². The molecule has 0 saturated heterocycles. The van der Waals surface area contributed by atoms with E-state index in [1.54, 1.807) is 24.2 Å². The minimum Gasteiger partial charge on any atom is -0.497 e. The molecule has 0 bridgehead atoms. The molecule has 0 N–H and O–H groups in total. The van der Waals surface area contributed by atoms with E-state index >= 15 is 0 Å². The van der Waals surface area contributed by atoms with Gasteiger partial charge in [0, 0.05) is 33.8 Å². The van der Waals surface area contributed by atoms with Crippen molar-refractivity contribution in [2.45, 2.75) is 13.0 Å². The van der Waals surface area contributed by atoms with E-state index in [-0.39, 0.29) is 0 Å². The molecule has 0 heterocycles. The molecule has 1 unspecified atom stereocenters. The quantitative estimate of drug-likeness (QED) is 0.221. The smallest absolute Gasteiger partial charge is 0.118 e. The molecule has 6 heteroatoms. The van der Waals surface area contributed by atoms with Crippen LogP contribution in [0.5, 0.6) is 5.75 Å². The molecule has 3 nitrogen and oxygen atoms in total. The first-order valence-corrected chi connectivity index (χ1v) is 11.3. The Labute approximate surface area is 149 Å². The average Bonchev–Trinajstić information content (AvgIpc) is 2.58. The van der Waals surface area contributed by atoms with Gasteiger partial charge in [0.25, 0.3) is 0 Å². The van der Waals surface area contributed by atoms with Crippen LogP contribution in [-0.2, 0) is 22.1 Å². The lowest BCUT2D eigenvalue weighted by atomic mass is 10.2. The normalized spacial score (nSPS) is 12.2. The van der Waals surface area contributed by atoms with Gasteiger partial charge in [0.2, 0.25) is 0 Å². The van der Waals surface area contributed by atoms with Crippen LogP contribution in [0.25, 0.3) is 0 Å². The van der Waals surface area contributed by atoms with Crippen LogP contribution in [0.1, 0.15) is 12.0 Å². The van der Waals surface area contributed by atoms with Gasteiger partial charge in [-0.05, 0) is 30.2 Å². The number of methoxy groups -OCH3 is 1. The van der Waals surface area contributed by atoms with Crippen LogP contribution in [-0.4, -0.2) is 34.3 Å². The highest BCUT2D eigenvalue weighted by molar-refractivity contribution is 8.76. The zero-order chi connectivity index (χ0) is 16.8. The molecule has 1 rings (SSSR count). The van der Waals surface area contributed by atoms with E-state index in [2.05, 4.69) is 6.58 Å². The summed E-state index contributed by atoms with van der Waals surface area (Å²) >= 11 is 0. The van der Waals surface area contributed by atoms with Crippen LogP contribution >= 0.6 is 21.6 Å². The molecule has 0 aliphatic rings. The number of benzene rings is 1. The van der Waals surface area contributed by atoms with Gasteiger partial charge in [0.15, 0.2) is 0 Å². The number of hydrogen-bond donors (Lipinski definition) is 0. The second-order valence-electron chi connectivity index (χ2n) is 4.59. The largest absolute Gasteiger partial charge is 0.497 e. The molecule has 128 valence electrons. The monoisotopic (exact) mass is 372 g/mol. The van der Waals surface area contributed by atoms with Crippen LogP contribution < -0.4 is 4.74 Å². The van der Waals surface area contributed by atoms with Crippen LogP contribution in [0.15, 0.2) is 49.3 Å². The van der Waals surface area contributed by atoms with E-state index in [4.69, 9.17) is 9.47 Å². The summed E-state index contributed by atoms with van der Waals surface area (Å²) in [6, 6.07) is 7.74. The third-order valence-electron chi connectivity index (χ3n) is 2.75. The Morgan fingerprint density at radius 3 is 2.74 bits per heavy atom. The summed E-state index contributed by atoms with van der Waals surface area (Å²) in [5, 5.41) is 0. The minimum absolute atomic E-state index is 0.504. The van der Waals surface area contributed by atoms with E-state index < -0.39 is 10.8 Å². The van der Waals surface area contributed by atoms with E-state index in [0.717, 1.165) is 35.0 Å². The van der Waals surface area contributed by atoms with E-state index in [1.165, 1.54) is 0 Å². The van der Waals surface area contributed by atoms with Crippen molar-refractivity contribution in [1.29, 1.82) is 0 Å². The summed E-state index contributed by atoms with van der Waals surface area (Å²) < 4.78 is 22.3. The lowest BCUT2D eigenvalue weighted by Crippen LogP contribution is -2.01. The van der Waals surface area contributed by atoms with Crippen LogP contribution in [0.3, 0.4) is 0 Å². The minimum atomic E-state index is -0.806. The van der Waals surface area contributed by atoms with E-state index in [9.17, 15) is 4.21 Å². The SMILES string of the molecule is C=CCSSCCCS(=O)CC=COCc1ccc(OC)cc1. The van der Waals surface area contributed by atoms with Crippen LogP contribution in [0, 0.1) is 0 Å². The molecule has 1 aromatic rings. The predicted octanol–water partition coefficient (Wildman–Crippen LogP) is 4.43. The molecule has 0 spiro atoms. The molecule has 0 fully saturated rings. The van der Waals surface area contributed by atoms with E-state index in [1.807, 2.05) is 47.2 Å². The standard InChI is InChI=1S/C17H24O3S3/c1-3-11-21-22-12-5-14-23(18)13-4-10-20-15-16-6-8-17(19-2)9-7-16/h3-4,6-10H,1,5,11-15H2,2H3. The zero-order valence-corrected chi connectivity index (χ0v) is 15.9. The highest BCUT2D eigenvalue weighted by Gasteiger charge is 1.98. The van der Waals surface area contributed by atoms with Gasteiger partial charge in [-0.3, -0.25) is 4.21 Å². The highest BCUT2D eigenvalue weighted by Crippen LogP contribution is 2.21. The number of rotatable bonds is 13. The van der Waals surface area contributed by atoms with Crippen LogP contribution in [0.4, 0.5) is 0 Å². The maximum atomic E-state index is 11.8. The van der Waals surface area contributed by atoms with Gasteiger partial charge < -0.3 is 9.47 Å². The molecule has 1 atom stereocenters. The molecule has 0 radical (unpaired) electrons. The first-order valence-electron chi connectivity index (χ1n) is 7.36. The van der Waals surface area contributed by atoms with Crippen molar-refractivity contribution in [1.82, 2.24) is 0 Å².